The van der Waals surface area contributed by atoms with E-state index in [0.717, 1.165) is 31.6 Å². The molecule has 1 aromatic rings. The predicted molar refractivity (Wildman–Crippen MR) is 77.0 cm³/mol. The Morgan fingerprint density at radius 2 is 2.26 bits per heavy atom. The monoisotopic (exact) mass is 265 g/mol. The summed E-state index contributed by atoms with van der Waals surface area (Å²) in [5.41, 5.74) is 1.15. The van der Waals surface area contributed by atoms with Crippen molar-refractivity contribution in [3.63, 3.8) is 0 Å². The molecule has 1 fully saturated rings. The van der Waals surface area contributed by atoms with Gasteiger partial charge in [0.2, 0.25) is 0 Å². The van der Waals surface area contributed by atoms with Crippen LogP contribution in [0.2, 0.25) is 0 Å². The van der Waals surface area contributed by atoms with E-state index in [4.69, 9.17) is 0 Å². The first-order chi connectivity index (χ1) is 9.10. The Kier molecular flexibility index (Phi) is 4.99. The number of aromatic nitrogens is 2. The van der Waals surface area contributed by atoms with E-state index in [1.807, 2.05) is 6.92 Å². The molecule has 2 heterocycles. The fourth-order valence-corrected chi connectivity index (χ4v) is 2.87. The van der Waals surface area contributed by atoms with Gasteiger partial charge < -0.3 is 5.11 Å². The van der Waals surface area contributed by atoms with Crippen LogP contribution in [0.1, 0.15) is 58.2 Å². The molecule has 2 rings (SSSR count). The highest BCUT2D eigenvalue weighted by atomic mass is 16.3. The number of likely N-dealkylation sites (tertiary alicyclic amines) is 1. The van der Waals surface area contributed by atoms with E-state index in [0.29, 0.717) is 12.1 Å². The van der Waals surface area contributed by atoms with Crippen molar-refractivity contribution < 1.29 is 5.11 Å². The zero-order valence-corrected chi connectivity index (χ0v) is 12.4. The smallest absolute Gasteiger partial charge is 0.0764 e. The lowest BCUT2D eigenvalue weighted by Crippen LogP contribution is -2.31. The van der Waals surface area contributed by atoms with Gasteiger partial charge in [-0.2, -0.15) is 5.10 Å². The van der Waals surface area contributed by atoms with E-state index < -0.39 is 0 Å². The fraction of sp³-hybridized carbons (Fsp3) is 0.800. The Labute approximate surface area is 116 Å². The van der Waals surface area contributed by atoms with Crippen LogP contribution in [0, 0.1) is 0 Å². The lowest BCUT2D eigenvalue weighted by molar-refractivity contribution is 0.130. The van der Waals surface area contributed by atoms with Gasteiger partial charge in [0.25, 0.3) is 0 Å². The summed E-state index contributed by atoms with van der Waals surface area (Å²) in [5, 5.41) is 14.2. The summed E-state index contributed by atoms with van der Waals surface area (Å²) in [7, 11) is 0. The van der Waals surface area contributed by atoms with Crippen molar-refractivity contribution in [1.82, 2.24) is 14.7 Å². The van der Waals surface area contributed by atoms with Crippen LogP contribution in [0.15, 0.2) is 12.3 Å². The first-order valence-electron chi connectivity index (χ1n) is 7.56. The van der Waals surface area contributed by atoms with Crippen molar-refractivity contribution in [3.05, 3.63) is 18.0 Å². The first kappa shape index (κ1) is 14.5. The summed E-state index contributed by atoms with van der Waals surface area (Å²) < 4.78 is 2.06. The number of aliphatic hydroxyl groups is 1. The Hall–Kier alpha value is -0.870. The second kappa shape index (κ2) is 6.53. The highest BCUT2D eigenvalue weighted by Gasteiger charge is 2.26. The molecule has 0 bridgehead atoms. The molecule has 0 radical (unpaired) electrons. The molecule has 0 aromatic carbocycles. The van der Waals surface area contributed by atoms with Gasteiger partial charge in [0, 0.05) is 24.8 Å². The van der Waals surface area contributed by atoms with Crippen LogP contribution in [-0.4, -0.2) is 38.5 Å². The average molecular weight is 265 g/mol. The van der Waals surface area contributed by atoms with Gasteiger partial charge in [-0.05, 0) is 52.1 Å². The van der Waals surface area contributed by atoms with Gasteiger partial charge in [-0.3, -0.25) is 9.58 Å². The number of hydrogen-bond donors (Lipinski definition) is 1. The third-order valence-corrected chi connectivity index (χ3v) is 4.18. The van der Waals surface area contributed by atoms with E-state index >= 15 is 0 Å². The summed E-state index contributed by atoms with van der Waals surface area (Å²) in [4.78, 5) is 2.47. The fourth-order valence-electron chi connectivity index (χ4n) is 2.87. The number of aliphatic hydroxyl groups excluding tert-OH is 1. The topological polar surface area (TPSA) is 41.3 Å². The third-order valence-electron chi connectivity index (χ3n) is 4.18. The van der Waals surface area contributed by atoms with Crippen LogP contribution >= 0.6 is 0 Å². The van der Waals surface area contributed by atoms with Gasteiger partial charge in [-0.15, -0.1) is 0 Å². The van der Waals surface area contributed by atoms with E-state index in [2.05, 4.69) is 40.8 Å². The van der Waals surface area contributed by atoms with Crippen molar-refractivity contribution in [2.45, 2.75) is 71.2 Å². The molecule has 4 nitrogen and oxygen atoms in total. The highest BCUT2D eigenvalue weighted by Crippen LogP contribution is 2.23. The molecule has 1 N–H and O–H groups in total. The van der Waals surface area contributed by atoms with Gasteiger partial charge in [0.1, 0.15) is 0 Å². The number of hydrogen-bond acceptors (Lipinski definition) is 3. The second-order valence-corrected chi connectivity index (χ2v) is 5.90. The van der Waals surface area contributed by atoms with Crippen molar-refractivity contribution in [2.75, 3.05) is 6.54 Å². The lowest BCUT2D eigenvalue weighted by atomic mass is 10.1. The quantitative estimate of drug-likeness (QED) is 0.859. The largest absolute Gasteiger partial charge is 0.393 e. The highest BCUT2D eigenvalue weighted by molar-refractivity contribution is 5.01. The Morgan fingerprint density at radius 3 is 2.95 bits per heavy atom. The number of nitrogens with zero attached hydrogens (tertiary/aromatic N) is 3. The Morgan fingerprint density at radius 1 is 1.47 bits per heavy atom. The van der Waals surface area contributed by atoms with Crippen LogP contribution in [-0.2, 0) is 6.54 Å². The molecule has 0 spiro atoms. The minimum Gasteiger partial charge on any atom is -0.393 e. The zero-order valence-electron chi connectivity index (χ0n) is 12.4. The molecule has 108 valence electrons. The van der Waals surface area contributed by atoms with E-state index in [1.165, 1.54) is 12.8 Å². The van der Waals surface area contributed by atoms with Crippen molar-refractivity contribution in [2.24, 2.45) is 0 Å². The van der Waals surface area contributed by atoms with Crippen LogP contribution in [0.4, 0.5) is 0 Å². The van der Waals surface area contributed by atoms with E-state index in [1.54, 1.807) is 0 Å². The van der Waals surface area contributed by atoms with Crippen molar-refractivity contribution in [1.29, 1.82) is 0 Å². The maximum atomic E-state index is 9.56. The van der Waals surface area contributed by atoms with Gasteiger partial charge in [-0.1, -0.05) is 6.92 Å². The van der Waals surface area contributed by atoms with Crippen LogP contribution in [0.5, 0.6) is 0 Å². The second-order valence-electron chi connectivity index (χ2n) is 5.90. The molecule has 3 unspecified atom stereocenters. The molecule has 0 saturated carbocycles. The zero-order chi connectivity index (χ0) is 13.8. The average Bonchev–Trinajstić information content (AvgIpc) is 2.99. The standard InChI is InChI=1S/C15H27N3O/c1-4-12(2)18-9-7-14(16-18)11-17-8-5-6-15(17)10-13(3)19/h7,9,12-13,15,19H,4-6,8,10-11H2,1-3H3. The van der Waals surface area contributed by atoms with Gasteiger partial charge in [0.15, 0.2) is 0 Å². The normalized spacial score (nSPS) is 23.7. The van der Waals surface area contributed by atoms with Gasteiger partial charge in [-0.25, -0.2) is 0 Å². The van der Waals surface area contributed by atoms with Crippen LogP contribution in [0.25, 0.3) is 0 Å². The maximum absolute atomic E-state index is 9.56. The number of rotatable bonds is 6. The molecule has 19 heavy (non-hydrogen) atoms. The Bertz CT molecular complexity index is 388. The summed E-state index contributed by atoms with van der Waals surface area (Å²) in [6.45, 7) is 8.32. The summed E-state index contributed by atoms with van der Waals surface area (Å²) >= 11 is 0. The van der Waals surface area contributed by atoms with Crippen LogP contribution in [0.3, 0.4) is 0 Å². The molecular weight excluding hydrogens is 238 g/mol. The minimum absolute atomic E-state index is 0.205. The molecule has 1 aromatic heterocycles. The summed E-state index contributed by atoms with van der Waals surface area (Å²) in [6.07, 6.45) is 6.31. The Balaban J connectivity index is 1.94. The SMILES string of the molecule is CCC(C)n1ccc(CN2CCCC2CC(C)O)n1. The lowest BCUT2D eigenvalue weighted by Gasteiger charge is -2.24. The summed E-state index contributed by atoms with van der Waals surface area (Å²) in [5.74, 6) is 0. The molecule has 1 saturated heterocycles. The summed E-state index contributed by atoms with van der Waals surface area (Å²) in [6, 6.07) is 3.12. The molecule has 4 heteroatoms. The minimum atomic E-state index is -0.205. The predicted octanol–water partition coefficient (Wildman–Crippen LogP) is 2.59. The third kappa shape index (κ3) is 3.80. The van der Waals surface area contributed by atoms with Gasteiger partial charge >= 0.3 is 0 Å². The molecular formula is C15H27N3O. The molecule has 3 atom stereocenters. The molecule has 1 aliphatic rings. The van der Waals surface area contributed by atoms with E-state index in [-0.39, 0.29) is 6.10 Å². The molecule has 0 aliphatic carbocycles. The molecule has 0 amide bonds. The molecule has 1 aliphatic heterocycles. The van der Waals surface area contributed by atoms with Crippen LogP contribution < -0.4 is 0 Å². The first-order valence-corrected chi connectivity index (χ1v) is 7.56. The van der Waals surface area contributed by atoms with Crippen molar-refractivity contribution >= 4 is 0 Å². The van der Waals surface area contributed by atoms with E-state index in [9.17, 15) is 5.11 Å². The van der Waals surface area contributed by atoms with Crippen molar-refractivity contribution in [3.8, 4) is 0 Å². The van der Waals surface area contributed by atoms with Gasteiger partial charge in [0.05, 0.1) is 11.8 Å². The maximum Gasteiger partial charge on any atom is 0.0764 e.